The lowest BCUT2D eigenvalue weighted by Crippen LogP contribution is -2.43. The molecular weight excluding hydrogens is 242 g/mol. The average Bonchev–Trinajstić information content (AvgIpc) is 2.80. The molecular formula is C15H25NO3. The Morgan fingerprint density at radius 1 is 1.16 bits per heavy atom. The summed E-state index contributed by atoms with van der Waals surface area (Å²) in [7, 11) is 0. The summed E-state index contributed by atoms with van der Waals surface area (Å²) in [5.74, 6) is -0.375. The van der Waals surface area contributed by atoms with Crippen molar-refractivity contribution in [3.05, 3.63) is 0 Å². The van der Waals surface area contributed by atoms with E-state index in [0.29, 0.717) is 12.3 Å². The monoisotopic (exact) mass is 267 g/mol. The van der Waals surface area contributed by atoms with Crippen LogP contribution in [-0.2, 0) is 9.59 Å². The van der Waals surface area contributed by atoms with Gasteiger partial charge in [-0.25, -0.2) is 0 Å². The van der Waals surface area contributed by atoms with Crippen molar-refractivity contribution in [2.24, 2.45) is 23.7 Å². The molecule has 4 nitrogen and oxygen atoms in total. The summed E-state index contributed by atoms with van der Waals surface area (Å²) >= 11 is 0. The highest BCUT2D eigenvalue weighted by Crippen LogP contribution is 2.38. The van der Waals surface area contributed by atoms with E-state index in [1.54, 1.807) is 0 Å². The van der Waals surface area contributed by atoms with Crippen LogP contribution in [0.15, 0.2) is 0 Å². The summed E-state index contributed by atoms with van der Waals surface area (Å²) in [4.78, 5) is 25.7. The molecule has 4 heteroatoms. The number of amides is 1. The minimum atomic E-state index is -0.800. The van der Waals surface area contributed by atoms with E-state index in [2.05, 4.69) is 6.92 Å². The molecule has 1 saturated heterocycles. The molecule has 0 aromatic rings. The highest BCUT2D eigenvalue weighted by atomic mass is 16.4. The van der Waals surface area contributed by atoms with E-state index in [1.165, 1.54) is 6.42 Å². The Hall–Kier alpha value is -1.06. The fourth-order valence-electron chi connectivity index (χ4n) is 3.63. The Morgan fingerprint density at radius 2 is 1.74 bits per heavy atom. The summed E-state index contributed by atoms with van der Waals surface area (Å²) in [6.45, 7) is 5.87. The van der Waals surface area contributed by atoms with Gasteiger partial charge < -0.3 is 10.0 Å². The number of rotatable bonds is 3. The summed E-state index contributed by atoms with van der Waals surface area (Å²) in [5.41, 5.74) is 0. The number of carbonyl (C=O) groups is 2. The fourth-order valence-corrected chi connectivity index (χ4v) is 3.63. The third-order valence-corrected chi connectivity index (χ3v) is 4.94. The molecule has 1 saturated carbocycles. The number of carboxylic acid groups (broad SMARTS) is 1. The molecule has 0 radical (unpaired) electrons. The van der Waals surface area contributed by atoms with Crippen LogP contribution in [0.3, 0.4) is 0 Å². The predicted molar refractivity (Wildman–Crippen MR) is 72.6 cm³/mol. The number of piperidine rings is 1. The second-order valence-electron chi connectivity index (χ2n) is 6.30. The molecule has 0 bridgehead atoms. The smallest absolute Gasteiger partial charge is 0.307 e. The molecule has 2 aliphatic rings. The van der Waals surface area contributed by atoms with Gasteiger partial charge >= 0.3 is 5.97 Å². The summed E-state index contributed by atoms with van der Waals surface area (Å²) < 4.78 is 0. The number of nitrogens with zero attached hydrogens (tertiary/aromatic N) is 1. The topological polar surface area (TPSA) is 57.6 Å². The van der Waals surface area contributed by atoms with Gasteiger partial charge in [0.1, 0.15) is 0 Å². The molecule has 19 heavy (non-hydrogen) atoms. The molecule has 1 aliphatic heterocycles. The quantitative estimate of drug-likeness (QED) is 0.854. The van der Waals surface area contributed by atoms with Crippen molar-refractivity contribution >= 4 is 11.9 Å². The van der Waals surface area contributed by atoms with Gasteiger partial charge in [0.2, 0.25) is 5.91 Å². The first kappa shape index (κ1) is 14.4. The maximum absolute atomic E-state index is 12.5. The van der Waals surface area contributed by atoms with Crippen LogP contribution in [0.4, 0.5) is 0 Å². The van der Waals surface area contributed by atoms with Gasteiger partial charge in [-0.15, -0.1) is 0 Å². The van der Waals surface area contributed by atoms with Gasteiger partial charge in [-0.05, 0) is 37.5 Å². The number of aliphatic carboxylic acids is 1. The van der Waals surface area contributed by atoms with E-state index < -0.39 is 11.9 Å². The molecule has 1 unspecified atom stereocenters. The summed E-state index contributed by atoms with van der Waals surface area (Å²) in [5, 5.41) is 9.26. The lowest BCUT2D eigenvalue weighted by atomic mass is 9.91. The van der Waals surface area contributed by atoms with Gasteiger partial charge in [-0.3, -0.25) is 9.59 Å². The van der Waals surface area contributed by atoms with Gasteiger partial charge in [0.05, 0.1) is 11.8 Å². The Morgan fingerprint density at radius 3 is 2.26 bits per heavy atom. The predicted octanol–water partition coefficient (Wildman–Crippen LogP) is 2.38. The van der Waals surface area contributed by atoms with Gasteiger partial charge in [0, 0.05) is 13.1 Å². The molecule has 1 heterocycles. The van der Waals surface area contributed by atoms with Crippen molar-refractivity contribution in [3.8, 4) is 0 Å². The van der Waals surface area contributed by atoms with Gasteiger partial charge in [-0.2, -0.15) is 0 Å². The van der Waals surface area contributed by atoms with E-state index in [-0.39, 0.29) is 11.8 Å². The highest BCUT2D eigenvalue weighted by Gasteiger charge is 2.43. The highest BCUT2D eigenvalue weighted by molar-refractivity contribution is 5.85. The molecule has 0 aromatic heterocycles. The number of likely N-dealkylation sites (tertiary alicyclic amines) is 1. The molecule has 2 rings (SSSR count). The van der Waals surface area contributed by atoms with E-state index in [1.807, 2.05) is 11.8 Å². The summed E-state index contributed by atoms with van der Waals surface area (Å²) in [6, 6.07) is 0. The molecule has 2 fully saturated rings. The van der Waals surface area contributed by atoms with Crippen LogP contribution in [0.5, 0.6) is 0 Å². The number of carbonyl (C=O) groups excluding carboxylic acids is 1. The van der Waals surface area contributed by atoms with Crippen LogP contribution in [0.2, 0.25) is 0 Å². The molecule has 0 aromatic carbocycles. The van der Waals surface area contributed by atoms with Crippen molar-refractivity contribution in [2.45, 2.75) is 46.0 Å². The van der Waals surface area contributed by atoms with Crippen molar-refractivity contribution in [3.63, 3.8) is 0 Å². The number of hydrogen-bond donors (Lipinski definition) is 1. The fraction of sp³-hybridized carbons (Fsp3) is 0.867. The third kappa shape index (κ3) is 3.10. The first-order chi connectivity index (χ1) is 9.02. The van der Waals surface area contributed by atoms with Crippen LogP contribution in [0, 0.1) is 23.7 Å². The van der Waals surface area contributed by atoms with E-state index >= 15 is 0 Å². The van der Waals surface area contributed by atoms with Crippen molar-refractivity contribution in [1.29, 1.82) is 0 Å². The van der Waals surface area contributed by atoms with Crippen LogP contribution in [0.25, 0.3) is 0 Å². The summed E-state index contributed by atoms with van der Waals surface area (Å²) in [6.07, 6.45) is 4.71. The third-order valence-electron chi connectivity index (χ3n) is 4.94. The molecule has 3 atom stereocenters. The second kappa shape index (κ2) is 5.93. The van der Waals surface area contributed by atoms with Crippen molar-refractivity contribution < 1.29 is 14.7 Å². The van der Waals surface area contributed by atoms with Crippen molar-refractivity contribution in [2.75, 3.05) is 13.1 Å². The van der Waals surface area contributed by atoms with Crippen LogP contribution >= 0.6 is 0 Å². The Labute approximate surface area is 115 Å². The Bertz CT molecular complexity index is 347. The minimum Gasteiger partial charge on any atom is -0.481 e. The maximum atomic E-state index is 12.5. The van der Waals surface area contributed by atoms with E-state index in [0.717, 1.165) is 38.3 Å². The van der Waals surface area contributed by atoms with Gasteiger partial charge in [-0.1, -0.05) is 20.3 Å². The van der Waals surface area contributed by atoms with Crippen LogP contribution in [0.1, 0.15) is 46.0 Å². The van der Waals surface area contributed by atoms with Gasteiger partial charge in [0.25, 0.3) is 0 Å². The number of carboxylic acids is 1. The molecule has 1 N–H and O–H groups in total. The molecule has 108 valence electrons. The first-order valence-corrected chi connectivity index (χ1v) is 7.54. The normalized spacial score (nSPS) is 32.5. The SMILES string of the molecule is CCC1CCN(C(=O)[C@H]2CC(C)C[C@H]2C(=O)O)CC1. The maximum Gasteiger partial charge on any atom is 0.307 e. The van der Waals surface area contributed by atoms with E-state index in [4.69, 9.17) is 0 Å². The van der Waals surface area contributed by atoms with Crippen LogP contribution < -0.4 is 0 Å². The lowest BCUT2D eigenvalue weighted by molar-refractivity contribution is -0.149. The van der Waals surface area contributed by atoms with Gasteiger partial charge in [0.15, 0.2) is 0 Å². The average molecular weight is 267 g/mol. The minimum absolute atomic E-state index is 0.0892. The zero-order chi connectivity index (χ0) is 14.0. The zero-order valence-electron chi connectivity index (χ0n) is 12.0. The Kier molecular flexibility index (Phi) is 4.48. The second-order valence-corrected chi connectivity index (χ2v) is 6.30. The van der Waals surface area contributed by atoms with Crippen molar-refractivity contribution in [1.82, 2.24) is 4.90 Å². The number of hydrogen-bond acceptors (Lipinski definition) is 2. The zero-order valence-corrected chi connectivity index (χ0v) is 12.0. The molecule has 1 aliphatic carbocycles. The first-order valence-electron chi connectivity index (χ1n) is 7.54. The largest absolute Gasteiger partial charge is 0.481 e. The molecule has 0 spiro atoms. The standard InChI is InChI=1S/C15H25NO3/c1-3-11-4-6-16(7-5-11)14(17)12-8-10(2)9-13(12)15(18)19/h10-13H,3-9H2,1-2H3,(H,18,19)/t10?,12-,13+/m0/s1. The molecule has 1 amide bonds. The lowest BCUT2D eigenvalue weighted by Gasteiger charge is -2.34. The van der Waals surface area contributed by atoms with E-state index in [9.17, 15) is 14.7 Å². The Balaban J connectivity index is 1.97. The van der Waals surface area contributed by atoms with Crippen LogP contribution in [-0.4, -0.2) is 35.0 Å².